The van der Waals surface area contributed by atoms with E-state index in [0.717, 1.165) is 28.6 Å². The van der Waals surface area contributed by atoms with Crippen LogP contribution in [0.15, 0.2) is 35.0 Å². The highest BCUT2D eigenvalue weighted by atomic mass is 32.2. The second-order valence-corrected chi connectivity index (χ2v) is 6.43. The Morgan fingerprint density at radius 2 is 2.36 bits per heavy atom. The Balaban J connectivity index is 2.11. The molecule has 1 spiro atoms. The first-order valence-electron chi connectivity index (χ1n) is 7.21. The quantitative estimate of drug-likeness (QED) is 0.898. The lowest BCUT2D eigenvalue weighted by molar-refractivity contribution is -0.149. The van der Waals surface area contributed by atoms with Crippen LogP contribution in [-0.4, -0.2) is 26.8 Å². The van der Waals surface area contributed by atoms with E-state index in [2.05, 4.69) is 13.0 Å². The summed E-state index contributed by atoms with van der Waals surface area (Å²) >= 11 is 1.50. The third kappa shape index (κ3) is 2.27. The van der Waals surface area contributed by atoms with Gasteiger partial charge in [0.15, 0.2) is 0 Å². The van der Waals surface area contributed by atoms with Gasteiger partial charge in [-0.3, -0.25) is 5.21 Å². The molecule has 0 unspecified atom stereocenters. The largest absolute Gasteiger partial charge is 0.449 e. The van der Waals surface area contributed by atoms with E-state index in [1.165, 1.54) is 11.8 Å². The second kappa shape index (κ2) is 5.67. The lowest BCUT2D eigenvalue weighted by Gasteiger charge is -2.45. The van der Waals surface area contributed by atoms with Crippen molar-refractivity contribution in [3.05, 3.63) is 35.5 Å². The minimum absolute atomic E-state index is 0.547. The van der Waals surface area contributed by atoms with Crippen LogP contribution in [0.1, 0.15) is 32.3 Å². The molecule has 2 aliphatic heterocycles. The van der Waals surface area contributed by atoms with E-state index in [4.69, 9.17) is 15.0 Å². The number of fused-ring (bicyclic) bond motifs is 1. The highest BCUT2D eigenvalue weighted by Gasteiger charge is 2.49. The minimum atomic E-state index is -1.00. The molecule has 0 fully saturated rings. The minimum Gasteiger partial charge on any atom is -0.449 e. The fourth-order valence-corrected chi connectivity index (χ4v) is 3.85. The Morgan fingerprint density at radius 1 is 1.55 bits per heavy atom. The number of allylic oxidation sites excluding steroid dienone is 1. The van der Waals surface area contributed by atoms with Gasteiger partial charge < -0.3 is 4.74 Å². The van der Waals surface area contributed by atoms with Gasteiger partial charge in [-0.2, -0.15) is 5.26 Å². The van der Waals surface area contributed by atoms with Crippen LogP contribution >= 0.6 is 11.8 Å². The molecule has 0 amide bonds. The van der Waals surface area contributed by atoms with Crippen LogP contribution in [0.3, 0.4) is 0 Å². The van der Waals surface area contributed by atoms with Crippen LogP contribution in [-0.2, 0) is 0 Å². The zero-order valence-corrected chi connectivity index (χ0v) is 13.4. The average Bonchev–Trinajstić information content (AvgIpc) is 2.53. The van der Waals surface area contributed by atoms with Crippen molar-refractivity contribution < 1.29 is 9.94 Å². The number of rotatable bonds is 2. The Hall–Kier alpha value is -1.97. The molecule has 1 aromatic carbocycles. The number of nitriles is 1. The molecule has 0 radical (unpaired) electrons. The molecule has 1 N–H and O–H groups in total. The first-order valence-corrected chi connectivity index (χ1v) is 8.20. The zero-order chi connectivity index (χ0) is 15.7. The topological polar surface area (TPSA) is 68.8 Å². The fourth-order valence-electron chi connectivity index (χ4n) is 2.57. The van der Waals surface area contributed by atoms with Gasteiger partial charge in [0.2, 0.25) is 0 Å². The Bertz CT molecular complexity index is 708. The Kier molecular flexibility index (Phi) is 3.85. The molecule has 1 aromatic rings. The predicted octanol–water partition coefficient (Wildman–Crippen LogP) is 3.82. The number of hydroxylamine groups is 2. The van der Waals surface area contributed by atoms with Crippen LogP contribution in [0.2, 0.25) is 0 Å². The van der Waals surface area contributed by atoms with E-state index in [9.17, 15) is 5.21 Å². The number of thioether (sulfide) groups is 1. The van der Waals surface area contributed by atoms with Crippen molar-refractivity contribution in [2.45, 2.75) is 31.7 Å². The first kappa shape index (κ1) is 14.9. The van der Waals surface area contributed by atoms with E-state index in [1.807, 2.05) is 13.0 Å². The van der Waals surface area contributed by atoms with Gasteiger partial charge in [0, 0.05) is 11.4 Å². The molecule has 2 heterocycles. The monoisotopic (exact) mass is 315 g/mol. The molecule has 114 valence electrons. The van der Waals surface area contributed by atoms with Gasteiger partial charge in [-0.15, -0.1) is 0 Å². The summed E-state index contributed by atoms with van der Waals surface area (Å²) in [6, 6.07) is 7.27. The van der Waals surface area contributed by atoms with Gasteiger partial charge >= 0.3 is 0 Å². The molecular formula is C16H17N3O2S. The summed E-state index contributed by atoms with van der Waals surface area (Å²) in [6.45, 7) is 3.91. The molecule has 22 heavy (non-hydrogen) atoms. The van der Waals surface area contributed by atoms with Crippen molar-refractivity contribution in [2.75, 3.05) is 5.75 Å². The van der Waals surface area contributed by atoms with Crippen molar-refractivity contribution in [3.8, 4) is 11.8 Å². The number of aliphatic imine (C=N–C) groups is 1. The summed E-state index contributed by atoms with van der Waals surface area (Å²) in [7, 11) is 0. The molecular weight excluding hydrogens is 298 g/mol. The van der Waals surface area contributed by atoms with Crippen LogP contribution in [0.25, 0.3) is 0 Å². The van der Waals surface area contributed by atoms with Crippen LogP contribution in [0.5, 0.6) is 5.75 Å². The third-order valence-electron chi connectivity index (χ3n) is 3.71. The molecule has 6 heteroatoms. The number of hydrogen-bond acceptors (Lipinski definition) is 6. The van der Waals surface area contributed by atoms with E-state index < -0.39 is 5.06 Å². The molecule has 0 aromatic heterocycles. The maximum atomic E-state index is 10.6. The van der Waals surface area contributed by atoms with Crippen molar-refractivity contribution >= 4 is 23.2 Å². The highest BCUT2D eigenvalue weighted by Crippen LogP contribution is 2.46. The van der Waals surface area contributed by atoms with Crippen molar-refractivity contribution in [3.63, 3.8) is 0 Å². The summed E-state index contributed by atoms with van der Waals surface area (Å²) in [5, 5.41) is 19.8. The summed E-state index contributed by atoms with van der Waals surface area (Å²) < 4.78 is 6.17. The maximum absolute atomic E-state index is 10.6. The zero-order valence-electron chi connectivity index (χ0n) is 12.5. The molecule has 0 saturated carbocycles. The number of ether oxygens (including phenoxy) is 1. The van der Waals surface area contributed by atoms with Gasteiger partial charge in [-0.25, -0.2) is 10.1 Å². The molecule has 0 bridgehead atoms. The predicted molar refractivity (Wildman–Crippen MR) is 86.4 cm³/mol. The van der Waals surface area contributed by atoms with Crippen molar-refractivity contribution in [1.29, 1.82) is 5.26 Å². The molecule has 2 aliphatic rings. The van der Waals surface area contributed by atoms with Gasteiger partial charge in [0.1, 0.15) is 11.4 Å². The van der Waals surface area contributed by atoms with E-state index in [-0.39, 0.29) is 0 Å². The third-order valence-corrected chi connectivity index (χ3v) is 4.93. The lowest BCUT2D eigenvalue weighted by atomic mass is 10.1. The SMILES string of the molecule is CCCC1=Nc2cc(C#N)ccc2O[C@@]12SCC=C(C)N2O. The summed E-state index contributed by atoms with van der Waals surface area (Å²) in [6.07, 6.45) is 3.57. The molecule has 0 aliphatic carbocycles. The number of nitrogens with zero attached hydrogens (tertiary/aromatic N) is 3. The smallest absolute Gasteiger partial charge is 0.293 e. The Labute approximate surface area is 133 Å². The van der Waals surface area contributed by atoms with Crippen molar-refractivity contribution in [2.24, 2.45) is 4.99 Å². The highest BCUT2D eigenvalue weighted by molar-refractivity contribution is 8.01. The van der Waals surface area contributed by atoms with Gasteiger partial charge in [0.25, 0.3) is 5.06 Å². The van der Waals surface area contributed by atoms with E-state index in [0.29, 0.717) is 23.4 Å². The van der Waals surface area contributed by atoms with E-state index in [1.54, 1.807) is 18.2 Å². The fraction of sp³-hybridized carbons (Fsp3) is 0.375. The van der Waals surface area contributed by atoms with Gasteiger partial charge in [-0.1, -0.05) is 31.2 Å². The normalized spacial score (nSPS) is 23.3. The first-order chi connectivity index (χ1) is 10.6. The van der Waals surface area contributed by atoms with Crippen LogP contribution < -0.4 is 4.74 Å². The second-order valence-electron chi connectivity index (χ2n) is 5.26. The van der Waals surface area contributed by atoms with Gasteiger partial charge in [-0.05, 0) is 31.5 Å². The maximum Gasteiger partial charge on any atom is 0.293 e. The van der Waals surface area contributed by atoms with Crippen molar-refractivity contribution in [1.82, 2.24) is 5.06 Å². The standard InChI is InChI=1S/C16H17N3O2S/c1-3-4-15-16(19(20)11(2)7-8-22-16)21-14-6-5-12(10-17)9-13(14)18-15/h5-7,9,20H,3-4,8H2,1-2H3/t16-/m1/s1. The summed E-state index contributed by atoms with van der Waals surface area (Å²) in [4.78, 5) is 4.70. The van der Waals surface area contributed by atoms with Gasteiger partial charge in [0.05, 0.1) is 17.3 Å². The summed E-state index contributed by atoms with van der Waals surface area (Å²) in [5.41, 5.74) is 2.72. The lowest BCUT2D eigenvalue weighted by Crippen LogP contribution is -2.56. The average molecular weight is 315 g/mol. The number of benzene rings is 1. The molecule has 3 rings (SSSR count). The Morgan fingerprint density at radius 3 is 3.09 bits per heavy atom. The van der Waals surface area contributed by atoms with Crippen LogP contribution in [0.4, 0.5) is 5.69 Å². The molecule has 0 saturated heterocycles. The number of hydrogen-bond donors (Lipinski definition) is 1. The molecule has 5 nitrogen and oxygen atoms in total. The van der Waals surface area contributed by atoms with Crippen LogP contribution in [0, 0.1) is 11.3 Å². The summed E-state index contributed by atoms with van der Waals surface area (Å²) in [5.74, 6) is 1.33. The molecule has 1 atom stereocenters. The van der Waals surface area contributed by atoms with E-state index >= 15 is 0 Å².